The smallest absolute Gasteiger partial charge is 0.307 e. The molecule has 5 rings (SSSR count). The molecule has 0 aromatic rings. The fourth-order valence-electron chi connectivity index (χ4n) is 10.1. The molecule has 8 nitrogen and oxygen atoms in total. The third-order valence-corrected chi connectivity index (χ3v) is 12.9. The van der Waals surface area contributed by atoms with E-state index in [1.165, 1.54) is 70.6 Å². The Hall–Kier alpha value is -1.22. The van der Waals surface area contributed by atoms with Gasteiger partial charge in [0.05, 0.1) is 25.0 Å². The van der Waals surface area contributed by atoms with Crippen molar-refractivity contribution in [3.8, 4) is 0 Å². The van der Waals surface area contributed by atoms with Gasteiger partial charge in [-0.05, 0) is 112 Å². The highest BCUT2D eigenvalue weighted by Crippen LogP contribution is 2.44. The first-order valence-electron chi connectivity index (χ1n) is 18.6. The van der Waals surface area contributed by atoms with E-state index in [1.807, 2.05) is 0 Å². The van der Waals surface area contributed by atoms with Gasteiger partial charge < -0.3 is 15.3 Å². The summed E-state index contributed by atoms with van der Waals surface area (Å²) < 4.78 is 0. The van der Waals surface area contributed by atoms with Gasteiger partial charge >= 0.3 is 5.97 Å². The van der Waals surface area contributed by atoms with Gasteiger partial charge in [0.15, 0.2) is 0 Å². The van der Waals surface area contributed by atoms with E-state index in [1.54, 1.807) is 0 Å². The number of carboxylic acids is 1. The van der Waals surface area contributed by atoms with Gasteiger partial charge in [0.25, 0.3) is 0 Å². The number of amides is 1. The molecule has 8 heteroatoms. The minimum Gasteiger partial charge on any atom is -0.481 e. The normalized spacial score (nSPS) is 36.1. The highest BCUT2D eigenvalue weighted by Gasteiger charge is 2.42. The summed E-state index contributed by atoms with van der Waals surface area (Å²) in [4.78, 5) is 35.9. The minimum atomic E-state index is -0.787. The molecule has 0 saturated heterocycles. The molecule has 6 atom stereocenters. The summed E-state index contributed by atoms with van der Waals surface area (Å²) >= 11 is 0. The Bertz CT molecular complexity index is 867. The topological polar surface area (TPSA) is 117 Å². The van der Waals surface area contributed by atoms with Crippen molar-refractivity contribution in [3.05, 3.63) is 0 Å². The van der Waals surface area contributed by atoms with Crippen LogP contribution in [0.15, 0.2) is 0 Å². The fourth-order valence-corrected chi connectivity index (χ4v) is 10.1. The van der Waals surface area contributed by atoms with Crippen LogP contribution in [0.3, 0.4) is 0 Å². The molecule has 5 aliphatic carbocycles. The number of hydrogen-bond donors (Lipinski definition) is 4. The van der Waals surface area contributed by atoms with Crippen LogP contribution in [-0.2, 0) is 19.3 Å². The number of rotatable bonds is 13. The second-order valence-electron chi connectivity index (χ2n) is 15.6. The van der Waals surface area contributed by atoms with E-state index in [4.69, 9.17) is 4.84 Å². The van der Waals surface area contributed by atoms with Crippen molar-refractivity contribution in [2.24, 2.45) is 59.2 Å². The van der Waals surface area contributed by atoms with Crippen molar-refractivity contribution in [3.63, 3.8) is 0 Å². The first-order valence-corrected chi connectivity index (χ1v) is 18.6. The molecule has 0 heterocycles. The Kier molecular flexibility index (Phi) is 13.7. The molecule has 252 valence electrons. The Balaban J connectivity index is 0.954. The van der Waals surface area contributed by atoms with Gasteiger partial charge in [-0.2, -0.15) is 0 Å². The molecule has 4 N–H and O–H groups in total. The molecule has 0 radical (unpaired) electrons. The van der Waals surface area contributed by atoms with Crippen LogP contribution in [0.4, 0.5) is 0 Å². The predicted molar refractivity (Wildman–Crippen MR) is 170 cm³/mol. The minimum absolute atomic E-state index is 0.0330. The number of nitrogens with one attached hydrogen (secondary N) is 2. The maximum Gasteiger partial charge on any atom is 0.307 e. The fraction of sp³-hybridized carbons (Fsp3) is 0.944. The van der Waals surface area contributed by atoms with Crippen molar-refractivity contribution >= 4 is 11.9 Å². The van der Waals surface area contributed by atoms with Crippen LogP contribution in [0, 0.1) is 59.2 Å². The molecule has 0 spiro atoms. The van der Waals surface area contributed by atoms with Gasteiger partial charge in [-0.1, -0.05) is 64.2 Å². The van der Waals surface area contributed by atoms with Crippen LogP contribution in [-0.4, -0.2) is 48.5 Å². The Labute approximate surface area is 266 Å². The summed E-state index contributed by atoms with van der Waals surface area (Å²) in [5.41, 5.74) is 3.26. The van der Waals surface area contributed by atoms with E-state index in [-0.39, 0.29) is 11.8 Å². The molecule has 5 saturated carbocycles. The van der Waals surface area contributed by atoms with Crippen LogP contribution in [0.2, 0.25) is 0 Å². The summed E-state index contributed by atoms with van der Waals surface area (Å²) in [6.07, 6.45) is 23.6. The second-order valence-corrected chi connectivity index (χ2v) is 15.6. The molecule has 5 fully saturated rings. The van der Waals surface area contributed by atoms with Gasteiger partial charge in [-0.3, -0.25) is 14.8 Å². The Morgan fingerprint density at radius 1 is 0.591 bits per heavy atom. The molecule has 0 aromatic carbocycles. The monoisotopic (exact) mass is 618 g/mol. The molecular weight excluding hydrogens is 556 g/mol. The van der Waals surface area contributed by atoms with Crippen LogP contribution in [0.5, 0.6) is 0 Å². The Morgan fingerprint density at radius 3 is 1.80 bits per heavy atom. The molecule has 0 bridgehead atoms. The van der Waals surface area contributed by atoms with Crippen LogP contribution >= 0.6 is 0 Å². The van der Waals surface area contributed by atoms with Crippen molar-refractivity contribution in [2.75, 3.05) is 26.3 Å². The number of carbonyl (C=O) groups excluding carboxylic acids is 1. The van der Waals surface area contributed by atoms with Gasteiger partial charge in [-0.15, -0.1) is 0 Å². The van der Waals surface area contributed by atoms with E-state index in [2.05, 4.69) is 15.7 Å². The van der Waals surface area contributed by atoms with Crippen molar-refractivity contribution in [2.45, 2.75) is 128 Å². The van der Waals surface area contributed by atoms with E-state index in [0.29, 0.717) is 61.7 Å². The van der Waals surface area contributed by atoms with E-state index in [0.717, 1.165) is 69.7 Å². The van der Waals surface area contributed by atoms with Crippen LogP contribution < -0.4 is 10.8 Å². The lowest BCUT2D eigenvalue weighted by atomic mass is 9.66. The van der Waals surface area contributed by atoms with Crippen molar-refractivity contribution < 1.29 is 29.7 Å². The first-order chi connectivity index (χ1) is 21.5. The van der Waals surface area contributed by atoms with Crippen LogP contribution in [0.1, 0.15) is 128 Å². The third-order valence-electron chi connectivity index (χ3n) is 12.9. The summed E-state index contributed by atoms with van der Waals surface area (Å²) in [5.74, 6) is 2.89. The first kappa shape index (κ1) is 34.1. The van der Waals surface area contributed by atoms with Crippen molar-refractivity contribution in [1.29, 1.82) is 0 Å². The largest absolute Gasteiger partial charge is 0.481 e. The molecule has 0 aromatic heterocycles. The molecule has 44 heavy (non-hydrogen) atoms. The number of carbonyl (C=O) groups is 2. The molecule has 1 amide bonds. The average Bonchev–Trinajstić information content (AvgIpc) is 3.07. The zero-order valence-corrected chi connectivity index (χ0v) is 27.3. The Morgan fingerprint density at radius 2 is 1.18 bits per heavy atom. The van der Waals surface area contributed by atoms with Crippen LogP contribution in [0.25, 0.3) is 0 Å². The zero-order valence-electron chi connectivity index (χ0n) is 27.3. The lowest BCUT2D eigenvalue weighted by Gasteiger charge is -2.40. The number of aliphatic carboxylic acids is 1. The standard InChI is InChI=1S/C36H62N2O6/c39-35(33-18-17-30(20-34(33)36(40)41)28-9-5-2-6-10-28)37-21-25-11-13-26(14-12-25)22-38-43-23-31-16-15-29(19-32(31)24-44-42)27-7-3-1-4-8-27/h25-34,38,42H,1-24H2,(H,37,39)(H,40,41). The van der Waals surface area contributed by atoms with E-state index < -0.39 is 11.9 Å². The lowest BCUT2D eigenvalue weighted by Crippen LogP contribution is -2.44. The van der Waals surface area contributed by atoms with E-state index >= 15 is 0 Å². The summed E-state index contributed by atoms with van der Waals surface area (Å²) in [6, 6.07) is 0. The average molecular weight is 619 g/mol. The van der Waals surface area contributed by atoms with Gasteiger partial charge in [-0.25, -0.2) is 10.4 Å². The molecule has 5 aliphatic rings. The predicted octanol–water partition coefficient (Wildman–Crippen LogP) is 7.23. The number of hydroxylamine groups is 1. The molecule has 6 unspecified atom stereocenters. The second kappa shape index (κ2) is 17.6. The number of carboxylic acid groups (broad SMARTS) is 1. The molecule has 0 aliphatic heterocycles. The van der Waals surface area contributed by atoms with Gasteiger partial charge in [0.2, 0.25) is 5.91 Å². The van der Waals surface area contributed by atoms with Crippen molar-refractivity contribution in [1.82, 2.24) is 10.8 Å². The van der Waals surface area contributed by atoms with Gasteiger partial charge in [0.1, 0.15) is 0 Å². The summed E-state index contributed by atoms with van der Waals surface area (Å²) in [7, 11) is 0. The third kappa shape index (κ3) is 9.65. The number of hydrogen-bond acceptors (Lipinski definition) is 6. The summed E-state index contributed by atoms with van der Waals surface area (Å²) in [6.45, 7) is 2.60. The SMILES string of the molecule is O=C(O)C1CC(C2CCCCC2)CCC1C(=O)NCC1CCC(CNOCC2CCC(C3CCCCC3)CC2COO)CC1. The van der Waals surface area contributed by atoms with Gasteiger partial charge in [0, 0.05) is 13.1 Å². The highest BCUT2D eigenvalue weighted by molar-refractivity contribution is 5.84. The zero-order chi connectivity index (χ0) is 30.7. The lowest BCUT2D eigenvalue weighted by molar-refractivity contribution is -0.258. The highest BCUT2D eigenvalue weighted by atomic mass is 17.1. The maximum absolute atomic E-state index is 13.1. The quantitative estimate of drug-likeness (QED) is 0.0977. The maximum atomic E-state index is 13.1. The van der Waals surface area contributed by atoms with E-state index in [9.17, 15) is 20.0 Å². The summed E-state index contributed by atoms with van der Waals surface area (Å²) in [5, 5.41) is 22.4. The molecular formula is C36H62N2O6.